The predicted octanol–water partition coefficient (Wildman–Crippen LogP) is 3.66. The molecule has 1 aromatic carbocycles. The van der Waals surface area contributed by atoms with Gasteiger partial charge in [0.2, 0.25) is 5.95 Å². The van der Waals surface area contributed by atoms with E-state index in [-0.39, 0.29) is 5.91 Å². The molecule has 8 heteroatoms. The third kappa shape index (κ3) is 3.55. The van der Waals surface area contributed by atoms with E-state index in [1.807, 2.05) is 49.4 Å². The van der Waals surface area contributed by atoms with Crippen LogP contribution in [0, 0.1) is 0 Å². The highest BCUT2D eigenvalue weighted by molar-refractivity contribution is 6.05. The highest BCUT2D eigenvalue weighted by atomic mass is 16.1. The van der Waals surface area contributed by atoms with E-state index in [4.69, 9.17) is 5.10 Å². The molecule has 1 amide bonds. The number of amides is 1. The van der Waals surface area contributed by atoms with Crippen LogP contribution in [-0.2, 0) is 4.79 Å². The summed E-state index contributed by atoms with van der Waals surface area (Å²) in [5, 5.41) is 10.9. The maximum absolute atomic E-state index is 13.3. The van der Waals surface area contributed by atoms with Gasteiger partial charge in [0.05, 0.1) is 17.5 Å². The largest absolute Gasteiger partial charge is 0.328 e. The lowest BCUT2D eigenvalue weighted by Crippen LogP contribution is -2.31. The lowest BCUT2D eigenvalue weighted by atomic mass is 9.96. The molecule has 31 heavy (non-hydrogen) atoms. The number of nitrogens with zero attached hydrogens (tertiary/aromatic N) is 5. The van der Waals surface area contributed by atoms with Gasteiger partial charge in [-0.25, -0.2) is 4.68 Å². The number of carbonyl (C=O) groups is 1. The highest BCUT2D eigenvalue weighted by Crippen LogP contribution is 2.36. The summed E-state index contributed by atoms with van der Waals surface area (Å²) >= 11 is 0. The number of hydrogen-bond acceptors (Lipinski definition) is 6. The first-order valence-electron chi connectivity index (χ1n) is 9.82. The van der Waals surface area contributed by atoms with E-state index < -0.39 is 6.04 Å². The van der Waals surface area contributed by atoms with Crippen LogP contribution < -0.4 is 10.6 Å². The number of allylic oxidation sites excluding steroid dienone is 1. The van der Waals surface area contributed by atoms with Crippen molar-refractivity contribution in [3.8, 4) is 11.4 Å². The molecule has 1 aliphatic heterocycles. The number of rotatable bonds is 4. The van der Waals surface area contributed by atoms with Crippen LogP contribution >= 0.6 is 0 Å². The summed E-state index contributed by atoms with van der Waals surface area (Å²) in [4.78, 5) is 26.3. The topological polar surface area (TPSA) is 97.6 Å². The molecule has 0 bridgehead atoms. The van der Waals surface area contributed by atoms with E-state index in [1.54, 1.807) is 41.6 Å². The average molecular weight is 409 g/mol. The molecule has 0 saturated heterocycles. The fraction of sp³-hybridized carbons (Fsp3) is 0.0870. The summed E-state index contributed by atoms with van der Waals surface area (Å²) in [5.41, 5.74) is 3.59. The van der Waals surface area contributed by atoms with Crippen molar-refractivity contribution >= 4 is 17.5 Å². The Morgan fingerprint density at radius 2 is 1.77 bits per heavy atom. The van der Waals surface area contributed by atoms with Gasteiger partial charge in [-0.15, -0.1) is 5.10 Å². The van der Waals surface area contributed by atoms with Gasteiger partial charge in [0.15, 0.2) is 5.82 Å². The Morgan fingerprint density at radius 1 is 1.00 bits per heavy atom. The zero-order valence-corrected chi connectivity index (χ0v) is 16.7. The predicted molar refractivity (Wildman–Crippen MR) is 117 cm³/mol. The minimum atomic E-state index is -0.480. The molecular formula is C23H19N7O. The third-order valence-corrected chi connectivity index (χ3v) is 5.05. The third-order valence-electron chi connectivity index (χ3n) is 5.05. The number of pyridine rings is 2. The molecule has 1 atom stereocenters. The van der Waals surface area contributed by atoms with Crippen molar-refractivity contribution in [2.24, 2.45) is 0 Å². The molecule has 0 saturated carbocycles. The molecule has 8 nitrogen and oxygen atoms in total. The fourth-order valence-corrected chi connectivity index (χ4v) is 3.64. The van der Waals surface area contributed by atoms with Crippen LogP contribution in [0.4, 0.5) is 11.6 Å². The zero-order chi connectivity index (χ0) is 21.2. The minimum Gasteiger partial charge on any atom is -0.328 e. The molecule has 4 aromatic rings. The molecule has 5 rings (SSSR count). The number of carbonyl (C=O) groups excluding carboxylic acids is 1. The van der Waals surface area contributed by atoms with E-state index in [0.29, 0.717) is 28.7 Å². The van der Waals surface area contributed by atoms with Crippen molar-refractivity contribution in [1.82, 2.24) is 24.7 Å². The maximum Gasteiger partial charge on any atom is 0.255 e. The normalized spacial score (nSPS) is 15.2. The fourth-order valence-electron chi connectivity index (χ4n) is 3.64. The Kier molecular flexibility index (Phi) is 4.72. The van der Waals surface area contributed by atoms with Gasteiger partial charge in [0.1, 0.15) is 6.04 Å². The molecule has 1 unspecified atom stereocenters. The minimum absolute atomic E-state index is 0.241. The first kappa shape index (κ1) is 18.7. The van der Waals surface area contributed by atoms with Gasteiger partial charge in [-0.3, -0.25) is 14.8 Å². The van der Waals surface area contributed by atoms with Gasteiger partial charge < -0.3 is 10.6 Å². The van der Waals surface area contributed by atoms with Crippen LogP contribution in [0.15, 0.2) is 90.7 Å². The van der Waals surface area contributed by atoms with Crippen molar-refractivity contribution in [1.29, 1.82) is 0 Å². The Bertz CT molecular complexity index is 1250. The molecule has 2 N–H and O–H groups in total. The number of anilines is 2. The summed E-state index contributed by atoms with van der Waals surface area (Å²) in [5.74, 6) is 0.913. The van der Waals surface area contributed by atoms with Crippen LogP contribution in [0.1, 0.15) is 18.5 Å². The van der Waals surface area contributed by atoms with Crippen molar-refractivity contribution in [3.05, 3.63) is 96.2 Å². The second-order valence-corrected chi connectivity index (χ2v) is 7.12. The maximum atomic E-state index is 13.3. The first-order valence-corrected chi connectivity index (χ1v) is 9.82. The molecule has 1 aliphatic rings. The van der Waals surface area contributed by atoms with Gasteiger partial charge in [0, 0.05) is 29.9 Å². The molecular weight excluding hydrogens is 390 g/mol. The molecule has 4 heterocycles. The van der Waals surface area contributed by atoms with Crippen molar-refractivity contribution in [2.75, 3.05) is 10.6 Å². The number of nitrogens with one attached hydrogen (secondary N) is 2. The van der Waals surface area contributed by atoms with Crippen LogP contribution in [0.2, 0.25) is 0 Å². The Hall–Kier alpha value is -4.33. The Balaban J connectivity index is 1.60. The highest BCUT2D eigenvalue weighted by Gasteiger charge is 2.34. The van der Waals surface area contributed by atoms with Gasteiger partial charge in [-0.05, 0) is 30.7 Å². The summed E-state index contributed by atoms with van der Waals surface area (Å²) < 4.78 is 1.74. The van der Waals surface area contributed by atoms with E-state index in [2.05, 4.69) is 25.6 Å². The van der Waals surface area contributed by atoms with Gasteiger partial charge in [-0.1, -0.05) is 36.4 Å². The lowest BCUT2D eigenvalue weighted by molar-refractivity contribution is -0.113. The van der Waals surface area contributed by atoms with Gasteiger partial charge in [0.25, 0.3) is 5.91 Å². The average Bonchev–Trinajstić information content (AvgIpc) is 3.23. The summed E-state index contributed by atoms with van der Waals surface area (Å²) in [6.45, 7) is 1.86. The van der Waals surface area contributed by atoms with Crippen LogP contribution in [0.25, 0.3) is 11.4 Å². The lowest BCUT2D eigenvalue weighted by Gasteiger charge is -2.28. The zero-order valence-electron chi connectivity index (χ0n) is 16.7. The summed E-state index contributed by atoms with van der Waals surface area (Å²) in [6, 6.07) is 16.6. The van der Waals surface area contributed by atoms with E-state index >= 15 is 0 Å². The van der Waals surface area contributed by atoms with E-state index in [9.17, 15) is 4.79 Å². The second-order valence-electron chi connectivity index (χ2n) is 7.12. The molecule has 0 fully saturated rings. The van der Waals surface area contributed by atoms with E-state index in [1.165, 1.54) is 0 Å². The number of benzene rings is 1. The van der Waals surface area contributed by atoms with Crippen LogP contribution in [-0.4, -0.2) is 30.6 Å². The van der Waals surface area contributed by atoms with Crippen molar-refractivity contribution in [2.45, 2.75) is 13.0 Å². The van der Waals surface area contributed by atoms with Crippen LogP contribution in [0.5, 0.6) is 0 Å². The first-order chi connectivity index (χ1) is 15.2. The van der Waals surface area contributed by atoms with Crippen molar-refractivity contribution in [3.63, 3.8) is 0 Å². The molecule has 3 aromatic heterocycles. The Morgan fingerprint density at radius 3 is 2.48 bits per heavy atom. The number of fused-ring (bicyclic) bond motifs is 1. The number of aromatic nitrogens is 5. The van der Waals surface area contributed by atoms with Crippen molar-refractivity contribution < 1.29 is 4.79 Å². The molecule has 0 spiro atoms. The van der Waals surface area contributed by atoms with Crippen LogP contribution in [0.3, 0.4) is 0 Å². The molecule has 0 aliphatic carbocycles. The monoisotopic (exact) mass is 409 g/mol. The number of hydrogen-bond donors (Lipinski definition) is 2. The molecule has 0 radical (unpaired) electrons. The van der Waals surface area contributed by atoms with Gasteiger partial charge >= 0.3 is 0 Å². The van der Waals surface area contributed by atoms with E-state index in [0.717, 1.165) is 11.1 Å². The summed E-state index contributed by atoms with van der Waals surface area (Å²) in [6.07, 6.45) is 6.72. The standard InChI is InChI=1S/C23H19N7O/c1-15-19(22(31)27-18-10-6-12-25-14-18)20(17-9-5-11-24-13-17)30-23(26-15)28-21(29-30)16-7-3-2-4-8-16/h2-14,20H,1H3,(H,27,31)(H,26,28,29). The SMILES string of the molecule is CC1=C(C(=O)Nc2cccnc2)C(c2cccnc2)n2nc(-c3ccccc3)nc2N1. The smallest absolute Gasteiger partial charge is 0.255 e. The quantitative estimate of drug-likeness (QED) is 0.534. The Labute approximate surface area is 178 Å². The second kappa shape index (κ2) is 7.83. The summed E-state index contributed by atoms with van der Waals surface area (Å²) in [7, 11) is 0. The van der Waals surface area contributed by atoms with Gasteiger partial charge in [-0.2, -0.15) is 4.98 Å². The molecule has 152 valence electrons.